The lowest BCUT2D eigenvalue weighted by Crippen LogP contribution is -2.49. The van der Waals surface area contributed by atoms with Gasteiger partial charge in [-0.05, 0) is 20.8 Å². The van der Waals surface area contributed by atoms with E-state index in [1.165, 1.54) is 16.8 Å². The minimum atomic E-state index is -0.600. The van der Waals surface area contributed by atoms with E-state index >= 15 is 0 Å². The molecule has 1 unspecified atom stereocenters. The largest absolute Gasteiger partial charge is 0.344 e. The van der Waals surface area contributed by atoms with Crippen LogP contribution in [-0.2, 0) is 7.05 Å². The monoisotopic (exact) mass is 273 g/mol. The van der Waals surface area contributed by atoms with Crippen LogP contribution in [-0.4, -0.2) is 26.3 Å². The van der Waals surface area contributed by atoms with Crippen LogP contribution in [0.1, 0.15) is 31.3 Å². The normalized spacial score (nSPS) is 13.2. The fourth-order valence-corrected chi connectivity index (χ4v) is 1.38. The number of carbonyl (C=O) groups excluding carboxylic acids is 1. The first-order chi connectivity index (χ1) is 8.15. The number of amides is 1. The molecule has 1 N–H and O–H groups in total. The SMILES string of the molecule is CC(Cl)C(C)(C)NC(=O)c1cc([N+](=O)[O-])cn1C. The number of halogens is 1. The molecule has 1 heterocycles. The van der Waals surface area contributed by atoms with Gasteiger partial charge in [-0.3, -0.25) is 14.9 Å². The summed E-state index contributed by atoms with van der Waals surface area (Å²) in [6.45, 7) is 5.36. The van der Waals surface area contributed by atoms with Crippen molar-refractivity contribution in [2.45, 2.75) is 31.7 Å². The summed E-state index contributed by atoms with van der Waals surface area (Å²) in [5.74, 6) is -0.386. The van der Waals surface area contributed by atoms with Gasteiger partial charge in [-0.25, -0.2) is 0 Å². The Labute approximate surface area is 110 Å². The Bertz CT molecular complexity index is 480. The van der Waals surface area contributed by atoms with Gasteiger partial charge < -0.3 is 9.88 Å². The topological polar surface area (TPSA) is 77.2 Å². The van der Waals surface area contributed by atoms with Gasteiger partial charge in [0.05, 0.1) is 22.0 Å². The van der Waals surface area contributed by atoms with Crippen LogP contribution in [0.25, 0.3) is 0 Å². The van der Waals surface area contributed by atoms with Gasteiger partial charge in [-0.2, -0.15) is 0 Å². The number of hydrogen-bond acceptors (Lipinski definition) is 3. The van der Waals surface area contributed by atoms with E-state index in [0.29, 0.717) is 0 Å². The third-order valence-electron chi connectivity index (χ3n) is 2.86. The zero-order chi connectivity index (χ0) is 14.1. The van der Waals surface area contributed by atoms with Gasteiger partial charge >= 0.3 is 0 Å². The fourth-order valence-electron chi connectivity index (χ4n) is 1.33. The molecule has 1 atom stereocenters. The molecule has 0 saturated carbocycles. The molecular weight excluding hydrogens is 258 g/mol. The summed E-state index contributed by atoms with van der Waals surface area (Å²) in [5, 5.41) is 13.1. The summed E-state index contributed by atoms with van der Waals surface area (Å²) in [7, 11) is 1.58. The average molecular weight is 274 g/mol. The van der Waals surface area contributed by atoms with Crippen molar-refractivity contribution in [3.05, 3.63) is 28.1 Å². The average Bonchev–Trinajstić information content (AvgIpc) is 2.59. The van der Waals surface area contributed by atoms with E-state index in [9.17, 15) is 14.9 Å². The second kappa shape index (κ2) is 4.97. The molecule has 0 aliphatic heterocycles. The second-order valence-corrected chi connectivity index (χ2v) is 5.40. The van der Waals surface area contributed by atoms with Crippen LogP contribution in [0.4, 0.5) is 5.69 Å². The van der Waals surface area contributed by atoms with Gasteiger partial charge in [0.25, 0.3) is 11.6 Å². The van der Waals surface area contributed by atoms with Gasteiger partial charge in [0.1, 0.15) is 5.69 Å². The smallest absolute Gasteiger partial charge is 0.287 e. The van der Waals surface area contributed by atoms with Crippen molar-refractivity contribution in [1.29, 1.82) is 0 Å². The van der Waals surface area contributed by atoms with E-state index in [0.717, 1.165) is 0 Å². The van der Waals surface area contributed by atoms with Crippen molar-refractivity contribution in [2.75, 3.05) is 0 Å². The molecule has 6 nitrogen and oxygen atoms in total. The molecule has 1 rings (SSSR count). The first-order valence-electron chi connectivity index (χ1n) is 5.42. The molecule has 0 bridgehead atoms. The molecule has 0 spiro atoms. The summed E-state index contributed by atoms with van der Waals surface area (Å²) in [6.07, 6.45) is 1.30. The van der Waals surface area contributed by atoms with Crippen LogP contribution in [0.3, 0.4) is 0 Å². The lowest BCUT2D eigenvalue weighted by Gasteiger charge is -2.28. The van der Waals surface area contributed by atoms with Crippen molar-refractivity contribution in [2.24, 2.45) is 7.05 Å². The molecule has 1 aromatic rings. The highest BCUT2D eigenvalue weighted by Crippen LogP contribution is 2.18. The van der Waals surface area contributed by atoms with Gasteiger partial charge in [-0.1, -0.05) is 0 Å². The number of nitrogens with one attached hydrogen (secondary N) is 1. The Morgan fingerprint density at radius 2 is 2.17 bits per heavy atom. The lowest BCUT2D eigenvalue weighted by molar-refractivity contribution is -0.384. The van der Waals surface area contributed by atoms with Gasteiger partial charge in [0.2, 0.25) is 0 Å². The molecule has 0 aromatic carbocycles. The maximum atomic E-state index is 12.0. The molecule has 0 fully saturated rings. The summed E-state index contributed by atoms with van der Waals surface area (Å²) in [4.78, 5) is 22.1. The molecule has 1 amide bonds. The number of hydrogen-bond donors (Lipinski definition) is 1. The van der Waals surface area contributed by atoms with E-state index in [1.807, 2.05) is 0 Å². The van der Waals surface area contributed by atoms with Crippen molar-refractivity contribution in [3.63, 3.8) is 0 Å². The molecule has 1 aromatic heterocycles. The van der Waals surface area contributed by atoms with Gasteiger partial charge in [-0.15, -0.1) is 11.6 Å². The predicted octanol–water partition coefficient (Wildman–Crippen LogP) is 2.07. The van der Waals surface area contributed by atoms with Crippen molar-refractivity contribution >= 4 is 23.2 Å². The highest BCUT2D eigenvalue weighted by molar-refractivity contribution is 6.21. The number of carbonyl (C=O) groups is 1. The van der Waals surface area contributed by atoms with Crippen molar-refractivity contribution in [3.8, 4) is 0 Å². The Morgan fingerprint density at radius 3 is 2.56 bits per heavy atom. The maximum Gasteiger partial charge on any atom is 0.287 e. The van der Waals surface area contributed by atoms with Crippen LogP contribution in [0.5, 0.6) is 0 Å². The maximum absolute atomic E-state index is 12.0. The van der Waals surface area contributed by atoms with E-state index in [4.69, 9.17) is 11.6 Å². The molecule has 100 valence electrons. The third kappa shape index (κ3) is 3.01. The number of aromatic nitrogens is 1. The second-order valence-electron chi connectivity index (χ2n) is 4.74. The van der Waals surface area contributed by atoms with Gasteiger partial charge in [0, 0.05) is 13.1 Å². The summed E-state index contributed by atoms with van der Waals surface area (Å²) < 4.78 is 1.42. The van der Waals surface area contributed by atoms with Crippen LogP contribution < -0.4 is 5.32 Å². The van der Waals surface area contributed by atoms with Crippen LogP contribution in [0.2, 0.25) is 0 Å². The molecule has 0 radical (unpaired) electrons. The minimum absolute atomic E-state index is 0.112. The zero-order valence-electron chi connectivity index (χ0n) is 10.7. The van der Waals surface area contributed by atoms with Crippen LogP contribution in [0, 0.1) is 10.1 Å². The first kappa shape index (κ1) is 14.5. The van der Waals surface area contributed by atoms with E-state index in [-0.39, 0.29) is 22.7 Å². The van der Waals surface area contributed by atoms with Crippen molar-refractivity contribution < 1.29 is 9.72 Å². The van der Waals surface area contributed by atoms with Crippen LogP contribution >= 0.6 is 11.6 Å². The minimum Gasteiger partial charge on any atom is -0.344 e. The van der Waals surface area contributed by atoms with Crippen molar-refractivity contribution in [1.82, 2.24) is 9.88 Å². The van der Waals surface area contributed by atoms with E-state index < -0.39 is 10.5 Å². The highest BCUT2D eigenvalue weighted by Gasteiger charge is 2.28. The molecule has 0 aliphatic rings. The third-order valence-corrected chi connectivity index (χ3v) is 3.41. The fraction of sp³-hybridized carbons (Fsp3) is 0.545. The number of nitro groups is 1. The number of rotatable bonds is 4. The number of alkyl halides is 1. The highest BCUT2D eigenvalue weighted by atomic mass is 35.5. The summed E-state index contributed by atoms with van der Waals surface area (Å²) in [6, 6.07) is 1.24. The Hall–Kier alpha value is -1.56. The predicted molar refractivity (Wildman–Crippen MR) is 68.9 cm³/mol. The van der Waals surface area contributed by atoms with E-state index in [1.54, 1.807) is 27.8 Å². The van der Waals surface area contributed by atoms with Gasteiger partial charge in [0.15, 0.2) is 0 Å². The van der Waals surface area contributed by atoms with E-state index in [2.05, 4.69) is 5.32 Å². The molecule has 0 saturated heterocycles. The molecule has 7 heteroatoms. The summed E-state index contributed by atoms with van der Waals surface area (Å²) in [5.41, 5.74) is -0.482. The number of nitrogens with zero attached hydrogens (tertiary/aromatic N) is 2. The number of aryl methyl sites for hydroxylation is 1. The standard InChI is InChI=1S/C11H16ClN3O3/c1-7(12)11(2,3)13-10(16)9-5-8(15(17)18)6-14(9)4/h5-7H,1-4H3,(H,13,16). The zero-order valence-corrected chi connectivity index (χ0v) is 11.5. The molecule has 18 heavy (non-hydrogen) atoms. The summed E-state index contributed by atoms with van der Waals surface area (Å²) >= 11 is 5.97. The lowest BCUT2D eigenvalue weighted by atomic mass is 10.0. The Morgan fingerprint density at radius 1 is 1.61 bits per heavy atom. The first-order valence-corrected chi connectivity index (χ1v) is 5.86. The Kier molecular flexibility index (Phi) is 4.01. The molecular formula is C11H16ClN3O3. The Balaban J connectivity index is 2.95. The quantitative estimate of drug-likeness (QED) is 0.518. The van der Waals surface area contributed by atoms with Crippen LogP contribution in [0.15, 0.2) is 12.3 Å². The molecule has 0 aliphatic carbocycles.